The minimum absolute atomic E-state index is 0.121. The lowest BCUT2D eigenvalue weighted by atomic mass is 9.90. The summed E-state index contributed by atoms with van der Waals surface area (Å²) < 4.78 is 5.18. The number of nitrogens with one attached hydrogen (secondary N) is 2. The maximum Gasteiger partial charge on any atom is 0.329 e. The first-order chi connectivity index (χ1) is 10.9. The Morgan fingerprint density at radius 3 is 2.61 bits per heavy atom. The Kier molecular flexibility index (Phi) is 4.23. The number of aromatic nitrogens is 1. The van der Waals surface area contributed by atoms with E-state index in [1.165, 1.54) is 0 Å². The van der Waals surface area contributed by atoms with Gasteiger partial charge >= 0.3 is 5.97 Å². The van der Waals surface area contributed by atoms with Crippen LogP contribution in [0.1, 0.15) is 23.3 Å². The van der Waals surface area contributed by atoms with Gasteiger partial charge in [0.05, 0.1) is 5.02 Å². The average molecular weight is 357 g/mol. The van der Waals surface area contributed by atoms with Crippen molar-refractivity contribution in [3.8, 4) is 0 Å². The zero-order valence-electron chi connectivity index (χ0n) is 12.0. The van der Waals surface area contributed by atoms with E-state index in [0.29, 0.717) is 15.9 Å². The predicted molar refractivity (Wildman–Crippen MR) is 86.2 cm³/mol. The van der Waals surface area contributed by atoms with Gasteiger partial charge in [-0.2, -0.15) is 0 Å². The minimum atomic E-state index is -1.34. The molecule has 0 radical (unpaired) electrons. The topological polar surface area (TPSA) is 91.4 Å². The molecule has 2 aromatic rings. The van der Waals surface area contributed by atoms with Crippen LogP contribution in [0.25, 0.3) is 10.9 Å². The molecule has 23 heavy (non-hydrogen) atoms. The molecule has 1 aromatic carbocycles. The maximum atomic E-state index is 12.5. The maximum absolute atomic E-state index is 12.5. The van der Waals surface area contributed by atoms with E-state index in [2.05, 4.69) is 10.3 Å². The molecule has 0 unspecified atom stereocenters. The third kappa shape index (κ3) is 2.89. The van der Waals surface area contributed by atoms with Crippen molar-refractivity contribution in [3.63, 3.8) is 0 Å². The molecule has 1 aliphatic rings. The van der Waals surface area contributed by atoms with Crippen molar-refractivity contribution >= 4 is 46.0 Å². The molecule has 0 bridgehead atoms. The fourth-order valence-corrected chi connectivity index (χ4v) is 3.14. The number of hydrogen-bond acceptors (Lipinski definition) is 3. The van der Waals surface area contributed by atoms with Crippen LogP contribution in [0.2, 0.25) is 10.0 Å². The normalized spacial score (nSPS) is 17.1. The Morgan fingerprint density at radius 2 is 1.96 bits per heavy atom. The number of aromatic amines is 1. The summed E-state index contributed by atoms with van der Waals surface area (Å²) in [5.41, 5.74) is -0.565. The molecule has 1 aromatic heterocycles. The van der Waals surface area contributed by atoms with Gasteiger partial charge in [0.2, 0.25) is 0 Å². The first kappa shape index (κ1) is 16.1. The zero-order valence-corrected chi connectivity index (χ0v) is 13.5. The minimum Gasteiger partial charge on any atom is -0.480 e. The number of carbonyl (C=O) groups excluding carboxylic acids is 1. The number of fused-ring (bicyclic) bond motifs is 1. The summed E-state index contributed by atoms with van der Waals surface area (Å²) in [4.78, 5) is 27.1. The summed E-state index contributed by atoms with van der Waals surface area (Å²) in [6, 6.07) is 5.03. The number of halogens is 2. The lowest BCUT2D eigenvalue weighted by molar-refractivity contribution is -0.148. The van der Waals surface area contributed by atoms with Gasteiger partial charge in [-0.15, -0.1) is 0 Å². The number of amides is 1. The molecule has 122 valence electrons. The molecule has 0 saturated carbocycles. The average Bonchev–Trinajstić information content (AvgIpc) is 2.85. The van der Waals surface area contributed by atoms with E-state index < -0.39 is 17.4 Å². The molecule has 1 aliphatic heterocycles. The number of carboxylic acids is 1. The van der Waals surface area contributed by atoms with Gasteiger partial charge in [-0.1, -0.05) is 23.2 Å². The lowest BCUT2D eigenvalue weighted by Crippen LogP contribution is -2.57. The van der Waals surface area contributed by atoms with E-state index in [1.54, 1.807) is 18.2 Å². The highest BCUT2D eigenvalue weighted by Gasteiger charge is 2.42. The van der Waals surface area contributed by atoms with Crippen LogP contribution in [0.15, 0.2) is 18.2 Å². The van der Waals surface area contributed by atoms with Gasteiger partial charge in [0.1, 0.15) is 11.2 Å². The number of aliphatic carboxylic acids is 1. The van der Waals surface area contributed by atoms with Crippen LogP contribution in [-0.4, -0.2) is 40.7 Å². The summed E-state index contributed by atoms with van der Waals surface area (Å²) in [6.07, 6.45) is 0.412. The molecular formula is C15H14Cl2N2O4. The second kappa shape index (κ2) is 6.03. The lowest BCUT2D eigenvalue weighted by Gasteiger charge is -2.33. The quantitative estimate of drug-likeness (QED) is 0.788. The molecule has 3 N–H and O–H groups in total. The van der Waals surface area contributed by atoms with Crippen LogP contribution in [0.4, 0.5) is 0 Å². The molecule has 8 heteroatoms. The van der Waals surface area contributed by atoms with Crippen molar-refractivity contribution in [2.45, 2.75) is 18.4 Å². The van der Waals surface area contributed by atoms with E-state index in [4.69, 9.17) is 27.9 Å². The van der Waals surface area contributed by atoms with Crippen LogP contribution in [0.3, 0.4) is 0 Å². The number of ether oxygens (including phenoxy) is 1. The zero-order chi connectivity index (χ0) is 16.6. The van der Waals surface area contributed by atoms with E-state index >= 15 is 0 Å². The molecule has 1 fully saturated rings. The second-order valence-corrected chi connectivity index (χ2v) is 6.27. The fraction of sp³-hybridized carbons (Fsp3) is 0.333. The number of H-pyrrole nitrogens is 1. The largest absolute Gasteiger partial charge is 0.480 e. The fourth-order valence-electron chi connectivity index (χ4n) is 2.68. The van der Waals surface area contributed by atoms with Gasteiger partial charge in [-0.25, -0.2) is 4.79 Å². The van der Waals surface area contributed by atoms with Crippen molar-refractivity contribution in [2.24, 2.45) is 0 Å². The number of rotatable bonds is 3. The molecule has 3 rings (SSSR count). The predicted octanol–water partition coefficient (Wildman–Crippen LogP) is 2.84. The van der Waals surface area contributed by atoms with Crippen molar-refractivity contribution in [2.75, 3.05) is 13.2 Å². The summed E-state index contributed by atoms with van der Waals surface area (Å²) in [5.74, 6) is -1.64. The van der Waals surface area contributed by atoms with Crippen LogP contribution in [0, 0.1) is 0 Å². The Balaban J connectivity index is 1.94. The van der Waals surface area contributed by atoms with E-state index in [1.807, 2.05) is 0 Å². The van der Waals surface area contributed by atoms with Crippen LogP contribution in [0.5, 0.6) is 0 Å². The van der Waals surface area contributed by atoms with Gasteiger partial charge in [-0.05, 0) is 18.2 Å². The Labute approximate surface area is 141 Å². The number of hydrogen-bond donors (Lipinski definition) is 3. The molecule has 1 amide bonds. The Bertz CT molecular complexity index is 781. The van der Waals surface area contributed by atoms with Crippen LogP contribution >= 0.6 is 23.2 Å². The SMILES string of the molecule is O=C(NC1(C(=O)O)CCOCC1)c1[nH]c2ccc(Cl)cc2c1Cl. The van der Waals surface area contributed by atoms with Gasteiger partial charge in [0.15, 0.2) is 0 Å². The van der Waals surface area contributed by atoms with Crippen molar-refractivity contribution in [1.29, 1.82) is 0 Å². The van der Waals surface area contributed by atoms with Gasteiger partial charge in [0.25, 0.3) is 5.91 Å². The standard InChI is InChI=1S/C15H14Cl2N2O4/c16-8-1-2-10-9(7-8)11(17)12(18-10)13(20)19-15(14(21)22)3-5-23-6-4-15/h1-2,7,18H,3-6H2,(H,19,20)(H,21,22). The molecule has 1 saturated heterocycles. The van der Waals surface area contributed by atoms with E-state index in [9.17, 15) is 14.7 Å². The molecule has 2 heterocycles. The van der Waals surface area contributed by atoms with Gasteiger partial charge in [0, 0.05) is 42.0 Å². The summed E-state index contributed by atoms with van der Waals surface area (Å²) >= 11 is 12.2. The molecule has 0 aliphatic carbocycles. The Morgan fingerprint density at radius 1 is 1.26 bits per heavy atom. The number of carboxylic acid groups (broad SMARTS) is 1. The summed E-state index contributed by atoms with van der Waals surface area (Å²) in [5, 5.41) is 13.4. The monoisotopic (exact) mass is 356 g/mol. The summed E-state index contributed by atoms with van der Waals surface area (Å²) in [6.45, 7) is 0.561. The third-order valence-electron chi connectivity index (χ3n) is 4.03. The first-order valence-corrected chi connectivity index (χ1v) is 7.79. The number of benzene rings is 1. The van der Waals surface area contributed by atoms with Crippen molar-refractivity contribution in [1.82, 2.24) is 10.3 Å². The summed E-state index contributed by atoms with van der Waals surface area (Å²) in [7, 11) is 0. The van der Waals surface area contributed by atoms with Crippen LogP contribution < -0.4 is 5.32 Å². The van der Waals surface area contributed by atoms with E-state index in [0.717, 1.165) is 0 Å². The van der Waals surface area contributed by atoms with Crippen LogP contribution in [-0.2, 0) is 9.53 Å². The van der Waals surface area contributed by atoms with Gasteiger partial charge < -0.3 is 20.1 Å². The smallest absolute Gasteiger partial charge is 0.329 e. The van der Waals surface area contributed by atoms with Crippen molar-refractivity contribution < 1.29 is 19.4 Å². The van der Waals surface area contributed by atoms with Crippen molar-refractivity contribution in [3.05, 3.63) is 33.9 Å². The molecular weight excluding hydrogens is 343 g/mol. The third-order valence-corrected chi connectivity index (χ3v) is 4.66. The highest BCUT2D eigenvalue weighted by molar-refractivity contribution is 6.39. The molecule has 0 spiro atoms. The highest BCUT2D eigenvalue weighted by Crippen LogP contribution is 2.30. The highest BCUT2D eigenvalue weighted by atomic mass is 35.5. The second-order valence-electron chi connectivity index (χ2n) is 5.46. The Hall–Kier alpha value is -1.76. The first-order valence-electron chi connectivity index (χ1n) is 7.03. The molecule has 6 nitrogen and oxygen atoms in total. The molecule has 0 atom stereocenters. The van der Waals surface area contributed by atoms with E-state index in [-0.39, 0.29) is 36.8 Å². The number of carbonyl (C=O) groups is 2. The van der Waals surface area contributed by atoms with Gasteiger partial charge in [-0.3, -0.25) is 4.79 Å².